The molecule has 0 heterocycles. The first kappa shape index (κ1) is 30.7. The molecule has 0 radical (unpaired) electrons. The minimum atomic E-state index is -1.55. The van der Waals surface area contributed by atoms with E-state index in [0.717, 1.165) is 0 Å². The number of carbonyl (C=O) groups excluding carboxylic acids is 4. The highest BCUT2D eigenvalue weighted by Gasteiger charge is 2.36. The highest BCUT2D eigenvalue weighted by Crippen LogP contribution is 2.31. The molecule has 1 rings (SSSR count). The topological polar surface area (TPSA) is 150 Å². The number of ether oxygens (including phenoxy) is 6. The standard InChI is InChI=1S/C25H37NO10/c1-7-16(4)33-23(29)35-19-11-10-18(14-20(19)36-24(30)34-17(5)8-2)15-25(26,22(28)31-6)12-13-32-21(27)9-3/h10-11,14,16-17H,7-9,12-13,15,26H2,1-6H3/t16-,17?,25+/m0/s1. The number of nitrogens with two attached hydrogens (primary N) is 1. The number of methoxy groups -OCH3 is 1. The summed E-state index contributed by atoms with van der Waals surface area (Å²) in [7, 11) is 1.20. The van der Waals surface area contributed by atoms with Crippen molar-refractivity contribution in [3.8, 4) is 11.5 Å². The molecule has 11 nitrogen and oxygen atoms in total. The molecule has 0 aliphatic heterocycles. The van der Waals surface area contributed by atoms with Crippen LogP contribution in [0.4, 0.5) is 9.59 Å². The predicted octanol–water partition coefficient (Wildman–Crippen LogP) is 4.07. The lowest BCUT2D eigenvalue weighted by molar-refractivity contribution is -0.151. The summed E-state index contributed by atoms with van der Waals surface area (Å²) in [5.41, 5.74) is 5.24. The summed E-state index contributed by atoms with van der Waals surface area (Å²) in [5.74, 6) is -1.37. The molecule has 202 valence electrons. The van der Waals surface area contributed by atoms with E-state index in [0.29, 0.717) is 18.4 Å². The van der Waals surface area contributed by atoms with E-state index in [4.69, 9.17) is 34.2 Å². The first-order valence-corrected chi connectivity index (χ1v) is 11.9. The highest BCUT2D eigenvalue weighted by atomic mass is 16.7. The van der Waals surface area contributed by atoms with Crippen molar-refractivity contribution in [1.82, 2.24) is 0 Å². The Morgan fingerprint density at radius 2 is 1.47 bits per heavy atom. The third-order valence-electron chi connectivity index (χ3n) is 5.35. The fourth-order valence-electron chi connectivity index (χ4n) is 2.83. The van der Waals surface area contributed by atoms with Crippen LogP contribution >= 0.6 is 0 Å². The monoisotopic (exact) mass is 511 g/mol. The summed E-state index contributed by atoms with van der Waals surface area (Å²) < 4.78 is 30.7. The average molecular weight is 512 g/mol. The Bertz CT molecular complexity index is 903. The molecule has 36 heavy (non-hydrogen) atoms. The van der Waals surface area contributed by atoms with Gasteiger partial charge >= 0.3 is 24.2 Å². The minimum Gasteiger partial charge on any atom is -0.468 e. The smallest absolute Gasteiger partial charge is 0.468 e. The zero-order valence-electron chi connectivity index (χ0n) is 21.8. The van der Waals surface area contributed by atoms with Crippen molar-refractivity contribution in [2.45, 2.75) is 84.5 Å². The minimum absolute atomic E-state index is 0.0167. The normalized spacial score (nSPS) is 14.0. The molecule has 0 bridgehead atoms. The summed E-state index contributed by atoms with van der Waals surface area (Å²) in [6, 6.07) is 4.32. The van der Waals surface area contributed by atoms with Gasteiger partial charge in [0.15, 0.2) is 11.5 Å². The van der Waals surface area contributed by atoms with Crippen LogP contribution in [-0.4, -0.2) is 55.7 Å². The van der Waals surface area contributed by atoms with Crippen LogP contribution in [0, 0.1) is 0 Å². The van der Waals surface area contributed by atoms with E-state index in [2.05, 4.69) is 0 Å². The number of hydrogen-bond acceptors (Lipinski definition) is 11. The van der Waals surface area contributed by atoms with Gasteiger partial charge in [-0.2, -0.15) is 0 Å². The lowest BCUT2D eigenvalue weighted by atomic mass is 9.88. The van der Waals surface area contributed by atoms with Crippen molar-refractivity contribution in [1.29, 1.82) is 0 Å². The summed E-state index contributed by atoms with van der Waals surface area (Å²) in [6.45, 7) is 8.64. The molecule has 2 N–H and O–H groups in total. The van der Waals surface area contributed by atoms with Gasteiger partial charge in [0.2, 0.25) is 0 Å². The molecule has 0 saturated carbocycles. The van der Waals surface area contributed by atoms with Crippen molar-refractivity contribution in [3.63, 3.8) is 0 Å². The van der Waals surface area contributed by atoms with Gasteiger partial charge in [-0.3, -0.25) is 9.59 Å². The molecule has 0 aromatic heterocycles. The van der Waals surface area contributed by atoms with Gasteiger partial charge < -0.3 is 34.2 Å². The molecule has 0 amide bonds. The van der Waals surface area contributed by atoms with Crippen molar-refractivity contribution in [2.24, 2.45) is 5.73 Å². The van der Waals surface area contributed by atoms with Gasteiger partial charge in [0.05, 0.1) is 13.7 Å². The lowest BCUT2D eigenvalue weighted by Gasteiger charge is -2.26. The Morgan fingerprint density at radius 3 is 1.97 bits per heavy atom. The molecule has 0 saturated heterocycles. The van der Waals surface area contributed by atoms with Crippen molar-refractivity contribution in [3.05, 3.63) is 23.8 Å². The quantitative estimate of drug-likeness (QED) is 0.232. The molecule has 11 heteroatoms. The maximum absolute atomic E-state index is 12.5. The van der Waals surface area contributed by atoms with Crippen LogP contribution in [0.15, 0.2) is 18.2 Å². The van der Waals surface area contributed by atoms with Gasteiger partial charge in [-0.05, 0) is 44.4 Å². The molecule has 0 aliphatic rings. The number of hydrogen-bond donors (Lipinski definition) is 1. The van der Waals surface area contributed by atoms with E-state index in [1.165, 1.54) is 19.2 Å². The molecule has 1 unspecified atom stereocenters. The van der Waals surface area contributed by atoms with Gasteiger partial charge in [-0.15, -0.1) is 0 Å². The van der Waals surface area contributed by atoms with E-state index in [1.54, 1.807) is 26.8 Å². The molecule has 0 fully saturated rings. The predicted molar refractivity (Wildman–Crippen MR) is 129 cm³/mol. The van der Waals surface area contributed by atoms with Crippen LogP contribution in [0.3, 0.4) is 0 Å². The average Bonchev–Trinajstić information content (AvgIpc) is 2.84. The summed E-state index contributed by atoms with van der Waals surface area (Å²) in [5, 5.41) is 0. The van der Waals surface area contributed by atoms with Crippen LogP contribution in [-0.2, 0) is 35.0 Å². The lowest BCUT2D eigenvalue weighted by Crippen LogP contribution is -2.51. The molecular weight excluding hydrogens is 474 g/mol. The molecule has 1 aromatic rings. The van der Waals surface area contributed by atoms with Crippen LogP contribution in [0.5, 0.6) is 11.5 Å². The first-order valence-electron chi connectivity index (χ1n) is 11.9. The Morgan fingerprint density at radius 1 is 0.917 bits per heavy atom. The zero-order chi connectivity index (χ0) is 27.3. The SMILES string of the molecule is CCC(=O)OCC[C@@](N)(Cc1ccc(OC(=O)O[C@@H](C)CC)c(OC(=O)OC(C)CC)c1)C(=O)OC. The Kier molecular flexibility index (Phi) is 12.7. The second-order valence-corrected chi connectivity index (χ2v) is 8.31. The Labute approximate surface area is 211 Å². The number of esters is 2. The second kappa shape index (κ2) is 14.9. The number of benzene rings is 1. The van der Waals surface area contributed by atoms with E-state index in [1.807, 2.05) is 13.8 Å². The largest absolute Gasteiger partial charge is 0.514 e. The molecule has 0 spiro atoms. The maximum Gasteiger partial charge on any atom is 0.514 e. The van der Waals surface area contributed by atoms with E-state index < -0.39 is 35.9 Å². The Balaban J connectivity index is 3.21. The van der Waals surface area contributed by atoms with E-state index in [9.17, 15) is 19.2 Å². The van der Waals surface area contributed by atoms with Crippen LogP contribution < -0.4 is 15.2 Å². The summed E-state index contributed by atoms with van der Waals surface area (Å²) in [4.78, 5) is 48.3. The molecular formula is C25H37NO10. The van der Waals surface area contributed by atoms with E-state index >= 15 is 0 Å². The van der Waals surface area contributed by atoms with Crippen LogP contribution in [0.1, 0.15) is 65.9 Å². The zero-order valence-corrected chi connectivity index (χ0v) is 21.8. The van der Waals surface area contributed by atoms with Crippen LogP contribution in [0.2, 0.25) is 0 Å². The van der Waals surface area contributed by atoms with Gasteiger partial charge in [-0.1, -0.05) is 26.8 Å². The fourth-order valence-corrected chi connectivity index (χ4v) is 2.83. The third-order valence-corrected chi connectivity index (χ3v) is 5.35. The molecule has 0 aliphatic carbocycles. The van der Waals surface area contributed by atoms with Gasteiger partial charge in [0.1, 0.15) is 17.7 Å². The maximum atomic E-state index is 12.5. The first-order chi connectivity index (χ1) is 17.0. The fraction of sp³-hybridized carbons (Fsp3) is 0.600. The summed E-state index contributed by atoms with van der Waals surface area (Å²) >= 11 is 0. The van der Waals surface area contributed by atoms with Gasteiger partial charge in [-0.25, -0.2) is 9.59 Å². The van der Waals surface area contributed by atoms with Crippen molar-refractivity contribution < 1.29 is 47.6 Å². The number of rotatable bonds is 13. The van der Waals surface area contributed by atoms with Crippen molar-refractivity contribution in [2.75, 3.05) is 13.7 Å². The Hall–Kier alpha value is -3.34. The number of carbonyl (C=O) groups is 4. The van der Waals surface area contributed by atoms with Gasteiger partial charge in [0.25, 0.3) is 0 Å². The summed E-state index contributed by atoms with van der Waals surface area (Å²) in [6.07, 6.45) is -1.49. The molecule has 1 aromatic carbocycles. The third kappa shape index (κ3) is 10.1. The second-order valence-electron chi connectivity index (χ2n) is 8.31. The highest BCUT2D eigenvalue weighted by molar-refractivity contribution is 5.81. The van der Waals surface area contributed by atoms with Crippen LogP contribution in [0.25, 0.3) is 0 Å². The molecule has 3 atom stereocenters. The van der Waals surface area contributed by atoms with Crippen molar-refractivity contribution >= 4 is 24.2 Å². The van der Waals surface area contributed by atoms with Gasteiger partial charge in [0, 0.05) is 19.3 Å². The van der Waals surface area contributed by atoms with E-state index in [-0.39, 0.29) is 43.5 Å².